The third kappa shape index (κ3) is 3.49. The number of benzene rings is 2. The van der Waals surface area contributed by atoms with Gasteiger partial charge < -0.3 is 10.1 Å². The largest absolute Gasteiger partial charge is 0.372 e. The SMILES string of the molecule is CSc1ccccc1-c1ccccc1COC1CCNC1. The second-order valence-electron chi connectivity index (χ2n) is 5.28. The molecule has 0 aromatic heterocycles. The van der Waals surface area contributed by atoms with Crippen LogP contribution >= 0.6 is 11.8 Å². The number of hydrogen-bond donors (Lipinski definition) is 1. The molecule has 0 spiro atoms. The summed E-state index contributed by atoms with van der Waals surface area (Å²) in [5, 5.41) is 3.34. The van der Waals surface area contributed by atoms with Gasteiger partial charge in [0, 0.05) is 11.4 Å². The van der Waals surface area contributed by atoms with Gasteiger partial charge in [0.15, 0.2) is 0 Å². The van der Waals surface area contributed by atoms with Crippen LogP contribution in [0.15, 0.2) is 53.4 Å². The summed E-state index contributed by atoms with van der Waals surface area (Å²) >= 11 is 1.79. The van der Waals surface area contributed by atoms with Crippen LogP contribution in [-0.4, -0.2) is 25.4 Å². The van der Waals surface area contributed by atoms with Crippen molar-refractivity contribution in [1.29, 1.82) is 0 Å². The van der Waals surface area contributed by atoms with Crippen molar-refractivity contribution in [1.82, 2.24) is 5.32 Å². The van der Waals surface area contributed by atoms with E-state index in [1.165, 1.54) is 21.6 Å². The minimum atomic E-state index is 0.355. The van der Waals surface area contributed by atoms with E-state index in [1.807, 2.05) is 0 Å². The van der Waals surface area contributed by atoms with Gasteiger partial charge in [-0.25, -0.2) is 0 Å². The molecule has 0 radical (unpaired) electrons. The fraction of sp³-hybridized carbons (Fsp3) is 0.333. The second-order valence-corrected chi connectivity index (χ2v) is 6.13. The van der Waals surface area contributed by atoms with Crippen LogP contribution in [0.2, 0.25) is 0 Å². The van der Waals surface area contributed by atoms with E-state index in [2.05, 4.69) is 60.1 Å². The molecule has 2 nitrogen and oxygen atoms in total. The Hall–Kier alpha value is -1.29. The summed E-state index contributed by atoms with van der Waals surface area (Å²) in [5.41, 5.74) is 3.85. The molecule has 0 bridgehead atoms. The van der Waals surface area contributed by atoms with Crippen LogP contribution in [0.4, 0.5) is 0 Å². The number of hydrogen-bond acceptors (Lipinski definition) is 3. The number of nitrogens with one attached hydrogen (secondary N) is 1. The van der Waals surface area contributed by atoms with E-state index < -0.39 is 0 Å². The molecule has 1 atom stereocenters. The average Bonchev–Trinajstić information content (AvgIpc) is 3.06. The lowest BCUT2D eigenvalue weighted by atomic mass is 10.00. The van der Waals surface area contributed by atoms with E-state index in [4.69, 9.17) is 4.74 Å². The monoisotopic (exact) mass is 299 g/mol. The zero-order chi connectivity index (χ0) is 14.5. The van der Waals surface area contributed by atoms with Crippen LogP contribution in [0.1, 0.15) is 12.0 Å². The number of rotatable bonds is 5. The third-order valence-electron chi connectivity index (χ3n) is 3.90. The molecule has 0 saturated carbocycles. The molecule has 0 aliphatic carbocycles. The fourth-order valence-corrected chi connectivity index (χ4v) is 3.37. The normalized spacial score (nSPS) is 18.0. The molecule has 2 aromatic carbocycles. The first-order valence-corrected chi connectivity index (χ1v) is 8.64. The van der Waals surface area contributed by atoms with Gasteiger partial charge in [-0.2, -0.15) is 0 Å². The maximum absolute atomic E-state index is 6.06. The Morgan fingerprint density at radius 2 is 1.86 bits per heavy atom. The van der Waals surface area contributed by atoms with Gasteiger partial charge in [-0.15, -0.1) is 11.8 Å². The van der Waals surface area contributed by atoms with E-state index in [0.717, 1.165) is 19.5 Å². The average molecular weight is 299 g/mol. The molecule has 1 aliphatic rings. The maximum atomic E-state index is 6.06. The highest BCUT2D eigenvalue weighted by Crippen LogP contribution is 2.32. The first-order valence-electron chi connectivity index (χ1n) is 7.42. The van der Waals surface area contributed by atoms with Crippen molar-refractivity contribution in [3.05, 3.63) is 54.1 Å². The smallest absolute Gasteiger partial charge is 0.0727 e. The predicted octanol–water partition coefficient (Wildman–Crippen LogP) is 3.95. The quantitative estimate of drug-likeness (QED) is 0.845. The van der Waals surface area contributed by atoms with Crippen LogP contribution in [0.3, 0.4) is 0 Å². The third-order valence-corrected chi connectivity index (χ3v) is 4.70. The molecule has 1 fully saturated rings. The second kappa shape index (κ2) is 7.12. The molecular formula is C18H21NOS. The van der Waals surface area contributed by atoms with Gasteiger partial charge in [-0.05, 0) is 42.0 Å². The highest BCUT2D eigenvalue weighted by atomic mass is 32.2. The van der Waals surface area contributed by atoms with Crippen molar-refractivity contribution < 1.29 is 4.74 Å². The Balaban J connectivity index is 1.84. The van der Waals surface area contributed by atoms with E-state index in [1.54, 1.807) is 11.8 Å². The van der Waals surface area contributed by atoms with E-state index in [0.29, 0.717) is 12.7 Å². The summed E-state index contributed by atoms with van der Waals surface area (Å²) < 4.78 is 6.06. The Bertz CT molecular complexity index is 593. The van der Waals surface area contributed by atoms with Crippen LogP contribution in [0, 0.1) is 0 Å². The summed E-state index contributed by atoms with van der Waals surface area (Å²) in [7, 11) is 0. The van der Waals surface area contributed by atoms with Crippen molar-refractivity contribution in [2.45, 2.75) is 24.0 Å². The molecule has 1 aliphatic heterocycles. The van der Waals surface area contributed by atoms with Crippen molar-refractivity contribution in [2.24, 2.45) is 0 Å². The Labute approximate surface area is 130 Å². The maximum Gasteiger partial charge on any atom is 0.0727 e. The highest BCUT2D eigenvalue weighted by molar-refractivity contribution is 7.98. The van der Waals surface area contributed by atoms with Crippen molar-refractivity contribution in [2.75, 3.05) is 19.3 Å². The summed E-state index contributed by atoms with van der Waals surface area (Å²) in [6, 6.07) is 17.1. The number of ether oxygens (including phenoxy) is 1. The number of thioether (sulfide) groups is 1. The Morgan fingerprint density at radius 3 is 2.62 bits per heavy atom. The minimum Gasteiger partial charge on any atom is -0.372 e. The molecule has 2 aromatic rings. The van der Waals surface area contributed by atoms with Gasteiger partial charge in [0.25, 0.3) is 0 Å². The molecule has 3 heteroatoms. The molecule has 1 heterocycles. The first-order chi connectivity index (χ1) is 10.4. The Kier molecular flexibility index (Phi) is 4.96. The lowest BCUT2D eigenvalue weighted by molar-refractivity contribution is 0.0545. The minimum absolute atomic E-state index is 0.355. The van der Waals surface area contributed by atoms with Gasteiger partial charge in [0.05, 0.1) is 12.7 Å². The zero-order valence-electron chi connectivity index (χ0n) is 12.3. The van der Waals surface area contributed by atoms with E-state index in [-0.39, 0.29) is 0 Å². The highest BCUT2D eigenvalue weighted by Gasteiger charge is 2.16. The molecule has 1 unspecified atom stereocenters. The summed E-state index contributed by atoms with van der Waals surface area (Å²) in [6.07, 6.45) is 3.60. The van der Waals surface area contributed by atoms with Crippen molar-refractivity contribution >= 4 is 11.8 Å². The zero-order valence-corrected chi connectivity index (χ0v) is 13.2. The molecule has 110 valence electrons. The van der Waals surface area contributed by atoms with Crippen LogP contribution in [0.25, 0.3) is 11.1 Å². The summed E-state index contributed by atoms with van der Waals surface area (Å²) in [4.78, 5) is 1.31. The first kappa shape index (κ1) is 14.6. The van der Waals surface area contributed by atoms with Gasteiger partial charge >= 0.3 is 0 Å². The molecule has 3 rings (SSSR count). The standard InChI is InChI=1S/C18H21NOS/c1-21-18-9-5-4-8-17(18)16-7-3-2-6-14(16)13-20-15-10-11-19-12-15/h2-9,15,19H,10-13H2,1H3. The topological polar surface area (TPSA) is 21.3 Å². The van der Waals surface area contributed by atoms with Gasteiger partial charge in [0.2, 0.25) is 0 Å². The van der Waals surface area contributed by atoms with Gasteiger partial charge in [-0.3, -0.25) is 0 Å². The lowest BCUT2D eigenvalue weighted by Crippen LogP contribution is -2.16. The van der Waals surface area contributed by atoms with E-state index in [9.17, 15) is 0 Å². The van der Waals surface area contributed by atoms with Crippen LogP contribution in [-0.2, 0) is 11.3 Å². The molecule has 1 N–H and O–H groups in total. The predicted molar refractivity (Wildman–Crippen MR) is 89.7 cm³/mol. The van der Waals surface area contributed by atoms with Gasteiger partial charge in [-0.1, -0.05) is 42.5 Å². The Morgan fingerprint density at radius 1 is 1.10 bits per heavy atom. The molecule has 1 saturated heterocycles. The molecule has 0 amide bonds. The van der Waals surface area contributed by atoms with Crippen LogP contribution < -0.4 is 5.32 Å². The van der Waals surface area contributed by atoms with Crippen molar-refractivity contribution in [3.63, 3.8) is 0 Å². The van der Waals surface area contributed by atoms with E-state index >= 15 is 0 Å². The molecule has 21 heavy (non-hydrogen) atoms. The lowest BCUT2D eigenvalue weighted by Gasteiger charge is -2.15. The summed E-state index contributed by atoms with van der Waals surface area (Å²) in [5.74, 6) is 0. The van der Waals surface area contributed by atoms with Crippen LogP contribution in [0.5, 0.6) is 0 Å². The van der Waals surface area contributed by atoms with Crippen molar-refractivity contribution in [3.8, 4) is 11.1 Å². The fourth-order valence-electron chi connectivity index (χ4n) is 2.75. The molecular weight excluding hydrogens is 278 g/mol. The summed E-state index contributed by atoms with van der Waals surface area (Å²) in [6.45, 7) is 2.73. The van der Waals surface area contributed by atoms with Gasteiger partial charge in [0.1, 0.15) is 0 Å².